The largest absolute Gasteiger partial charge is 0.504 e. The van der Waals surface area contributed by atoms with E-state index in [0.29, 0.717) is 24.5 Å². The zero-order valence-corrected chi connectivity index (χ0v) is 18.2. The Kier molecular flexibility index (Phi) is 9.47. The first kappa shape index (κ1) is 22.9. The molecule has 0 radical (unpaired) electrons. The summed E-state index contributed by atoms with van der Waals surface area (Å²) in [6.07, 6.45) is 15.1. The van der Waals surface area contributed by atoms with Gasteiger partial charge in [0.25, 0.3) is 0 Å². The predicted octanol–water partition coefficient (Wildman–Crippen LogP) is 7.61. The molecule has 2 fully saturated rings. The summed E-state index contributed by atoms with van der Waals surface area (Å²) in [6, 6.07) is 0. The van der Waals surface area contributed by atoms with E-state index in [2.05, 4.69) is 20.1 Å². The van der Waals surface area contributed by atoms with Gasteiger partial charge in [-0.15, -0.1) is 0 Å². The fraction of sp³-hybridized carbons (Fsp3) is 0.760. The minimum Gasteiger partial charge on any atom is -0.504 e. The number of aliphatic hydroxyl groups is 2. The molecular formula is C25H42O3. The van der Waals surface area contributed by atoms with E-state index >= 15 is 0 Å². The maximum absolute atomic E-state index is 10.1. The van der Waals surface area contributed by atoms with Crippen molar-refractivity contribution in [2.45, 2.75) is 90.9 Å². The van der Waals surface area contributed by atoms with E-state index < -0.39 is 0 Å². The highest BCUT2D eigenvalue weighted by Gasteiger charge is 2.31. The van der Waals surface area contributed by atoms with Crippen LogP contribution < -0.4 is 0 Å². The van der Waals surface area contributed by atoms with E-state index in [0.717, 1.165) is 24.2 Å². The number of ether oxygens (including phenoxy) is 1. The number of aliphatic hydroxyl groups excluding tert-OH is 2. The van der Waals surface area contributed by atoms with Crippen LogP contribution in [0.5, 0.6) is 0 Å². The first-order chi connectivity index (χ1) is 13.5. The molecule has 0 aromatic rings. The van der Waals surface area contributed by atoms with E-state index in [4.69, 9.17) is 4.74 Å². The average Bonchev–Trinajstić information content (AvgIpc) is 2.72. The molecule has 2 aliphatic carbocycles. The number of hydrogen-bond acceptors (Lipinski definition) is 3. The number of allylic oxidation sites excluding steroid dienone is 1. The Balaban J connectivity index is 1.71. The summed E-state index contributed by atoms with van der Waals surface area (Å²) in [7, 11) is 0. The Hall–Kier alpha value is -1.38. The van der Waals surface area contributed by atoms with Crippen molar-refractivity contribution in [3.05, 3.63) is 36.0 Å². The maximum Gasteiger partial charge on any atom is 0.200 e. The standard InChI is InChI=1S/C25H42O3/c1-5-7-18(3)24(26)25(27)19(4)28-17-21-11-15-23(16-12-21)22-13-9-20(8-6-2)10-14-22/h20-23,26-27H,3-17H2,1-2H3/b25-24-. The molecule has 2 saturated carbocycles. The first-order valence-electron chi connectivity index (χ1n) is 11.6. The smallest absolute Gasteiger partial charge is 0.200 e. The quantitative estimate of drug-likeness (QED) is 0.298. The zero-order valence-electron chi connectivity index (χ0n) is 18.2. The van der Waals surface area contributed by atoms with Crippen molar-refractivity contribution < 1.29 is 14.9 Å². The van der Waals surface area contributed by atoms with E-state index in [-0.39, 0.29) is 17.3 Å². The van der Waals surface area contributed by atoms with Crippen LogP contribution in [-0.2, 0) is 4.74 Å². The molecule has 0 spiro atoms. The van der Waals surface area contributed by atoms with Gasteiger partial charge < -0.3 is 14.9 Å². The van der Waals surface area contributed by atoms with Crippen molar-refractivity contribution in [2.24, 2.45) is 23.7 Å². The van der Waals surface area contributed by atoms with E-state index in [1.165, 1.54) is 64.2 Å². The van der Waals surface area contributed by atoms with Crippen molar-refractivity contribution in [3.8, 4) is 0 Å². The molecule has 0 bridgehead atoms. The summed E-state index contributed by atoms with van der Waals surface area (Å²) in [5, 5.41) is 20.2. The third-order valence-corrected chi connectivity index (χ3v) is 7.01. The fourth-order valence-electron chi connectivity index (χ4n) is 5.19. The van der Waals surface area contributed by atoms with Crippen LogP contribution in [0.15, 0.2) is 36.0 Å². The van der Waals surface area contributed by atoms with E-state index in [1.807, 2.05) is 6.92 Å². The summed E-state index contributed by atoms with van der Waals surface area (Å²) in [4.78, 5) is 0. The molecule has 2 rings (SSSR count). The molecule has 160 valence electrons. The second kappa shape index (κ2) is 11.6. The third-order valence-electron chi connectivity index (χ3n) is 7.01. The SMILES string of the molecule is C=C(CCC)/C(O)=C(/O)C(=C)OCC1CCC(C2CCC(CCC)CC2)CC1. The van der Waals surface area contributed by atoms with E-state index in [1.54, 1.807) is 0 Å². The van der Waals surface area contributed by atoms with Crippen molar-refractivity contribution in [1.82, 2.24) is 0 Å². The molecule has 2 N–H and O–H groups in total. The van der Waals surface area contributed by atoms with Gasteiger partial charge in [-0.3, -0.25) is 0 Å². The summed E-state index contributed by atoms with van der Waals surface area (Å²) in [6.45, 7) is 12.5. The highest BCUT2D eigenvalue weighted by Crippen LogP contribution is 2.42. The van der Waals surface area contributed by atoms with Crippen LogP contribution in [0.2, 0.25) is 0 Å². The van der Waals surface area contributed by atoms with Crippen LogP contribution in [0, 0.1) is 23.7 Å². The lowest BCUT2D eigenvalue weighted by atomic mass is 9.69. The number of hydrogen-bond donors (Lipinski definition) is 2. The molecule has 0 atom stereocenters. The molecule has 0 aliphatic heterocycles. The van der Waals surface area contributed by atoms with Gasteiger partial charge in [-0.2, -0.15) is 0 Å². The first-order valence-corrected chi connectivity index (χ1v) is 11.6. The van der Waals surface area contributed by atoms with Gasteiger partial charge in [-0.1, -0.05) is 59.1 Å². The second-order valence-electron chi connectivity index (χ2n) is 9.14. The topological polar surface area (TPSA) is 49.7 Å². The van der Waals surface area contributed by atoms with Gasteiger partial charge in [0.2, 0.25) is 0 Å². The van der Waals surface area contributed by atoms with Crippen molar-refractivity contribution in [3.63, 3.8) is 0 Å². The van der Waals surface area contributed by atoms with Crippen molar-refractivity contribution >= 4 is 0 Å². The molecule has 2 aliphatic rings. The maximum atomic E-state index is 10.1. The minimum absolute atomic E-state index is 0.158. The Morgan fingerprint density at radius 2 is 1.32 bits per heavy atom. The summed E-state index contributed by atoms with van der Waals surface area (Å²) in [5.41, 5.74) is 0.527. The van der Waals surface area contributed by atoms with Crippen LogP contribution in [0.4, 0.5) is 0 Å². The summed E-state index contributed by atoms with van der Waals surface area (Å²) >= 11 is 0. The van der Waals surface area contributed by atoms with Gasteiger partial charge in [0.15, 0.2) is 17.3 Å². The van der Waals surface area contributed by atoms with Gasteiger partial charge >= 0.3 is 0 Å². The molecule has 0 amide bonds. The Morgan fingerprint density at radius 3 is 1.82 bits per heavy atom. The van der Waals surface area contributed by atoms with Crippen LogP contribution in [-0.4, -0.2) is 16.8 Å². The summed E-state index contributed by atoms with van der Waals surface area (Å²) in [5.74, 6) is 3.06. The van der Waals surface area contributed by atoms with Crippen LogP contribution in [0.3, 0.4) is 0 Å². The van der Waals surface area contributed by atoms with Gasteiger partial charge in [-0.05, 0) is 74.2 Å². The van der Waals surface area contributed by atoms with Gasteiger partial charge in [-0.25, -0.2) is 0 Å². The summed E-state index contributed by atoms with van der Waals surface area (Å²) < 4.78 is 5.71. The highest BCUT2D eigenvalue weighted by atomic mass is 16.5. The molecule has 0 aromatic heterocycles. The molecule has 0 unspecified atom stereocenters. The van der Waals surface area contributed by atoms with Gasteiger partial charge in [0, 0.05) is 0 Å². The minimum atomic E-state index is -0.268. The molecular weight excluding hydrogens is 348 g/mol. The Labute approximate surface area is 172 Å². The molecule has 0 saturated heterocycles. The third kappa shape index (κ3) is 6.60. The zero-order chi connectivity index (χ0) is 20.5. The van der Waals surface area contributed by atoms with Crippen LogP contribution in [0.1, 0.15) is 90.9 Å². The lowest BCUT2D eigenvalue weighted by molar-refractivity contribution is 0.0943. The van der Waals surface area contributed by atoms with Crippen LogP contribution >= 0.6 is 0 Å². The van der Waals surface area contributed by atoms with Gasteiger partial charge in [0.05, 0.1) is 6.61 Å². The Bertz CT molecular complexity index is 532. The second-order valence-corrected chi connectivity index (χ2v) is 9.14. The number of rotatable bonds is 10. The molecule has 28 heavy (non-hydrogen) atoms. The van der Waals surface area contributed by atoms with Crippen molar-refractivity contribution in [2.75, 3.05) is 6.61 Å². The average molecular weight is 391 g/mol. The molecule has 3 nitrogen and oxygen atoms in total. The predicted molar refractivity (Wildman–Crippen MR) is 117 cm³/mol. The lowest BCUT2D eigenvalue weighted by Crippen LogP contribution is -2.27. The fourth-order valence-corrected chi connectivity index (χ4v) is 5.19. The molecule has 0 aromatic carbocycles. The highest BCUT2D eigenvalue weighted by molar-refractivity contribution is 5.31. The molecule has 3 heteroatoms. The van der Waals surface area contributed by atoms with E-state index in [9.17, 15) is 10.2 Å². The normalized spacial score (nSPS) is 29.1. The lowest BCUT2D eigenvalue weighted by Gasteiger charge is -2.37. The Morgan fingerprint density at radius 1 is 0.786 bits per heavy atom. The molecule has 0 heterocycles. The monoisotopic (exact) mass is 390 g/mol. The van der Waals surface area contributed by atoms with Crippen LogP contribution in [0.25, 0.3) is 0 Å². The van der Waals surface area contributed by atoms with Crippen molar-refractivity contribution in [1.29, 1.82) is 0 Å². The van der Waals surface area contributed by atoms with Gasteiger partial charge in [0.1, 0.15) is 0 Å².